The van der Waals surface area contributed by atoms with Gasteiger partial charge in [0.2, 0.25) is 5.88 Å². The van der Waals surface area contributed by atoms with E-state index in [4.69, 9.17) is 21.1 Å². The highest BCUT2D eigenvalue weighted by atomic mass is 79.9. The Bertz CT molecular complexity index is 690. The summed E-state index contributed by atoms with van der Waals surface area (Å²) in [4.78, 5) is 8.83. The van der Waals surface area contributed by atoms with Gasteiger partial charge in [-0.3, -0.25) is 0 Å². The van der Waals surface area contributed by atoms with Crippen LogP contribution in [0.1, 0.15) is 30.1 Å². The van der Waals surface area contributed by atoms with Crippen LogP contribution < -0.4 is 9.47 Å². The summed E-state index contributed by atoms with van der Waals surface area (Å²) < 4.78 is 11.9. The van der Waals surface area contributed by atoms with Gasteiger partial charge in [0.1, 0.15) is 22.5 Å². The zero-order valence-corrected chi connectivity index (χ0v) is 14.0. The maximum atomic E-state index is 6.18. The van der Waals surface area contributed by atoms with Crippen molar-refractivity contribution in [1.29, 1.82) is 0 Å². The van der Waals surface area contributed by atoms with Crippen molar-refractivity contribution in [1.82, 2.24) is 9.97 Å². The van der Waals surface area contributed by atoms with Gasteiger partial charge in [0.05, 0.1) is 11.6 Å². The summed E-state index contributed by atoms with van der Waals surface area (Å²) in [5.41, 5.74) is 0.740. The summed E-state index contributed by atoms with van der Waals surface area (Å²) in [6.45, 7) is 1.85. The third kappa shape index (κ3) is 3.14. The highest BCUT2D eigenvalue weighted by Gasteiger charge is 2.28. The fraction of sp³-hybridized carbons (Fsp3) is 0.333. The zero-order valence-electron chi connectivity index (χ0n) is 11.7. The molecule has 0 unspecified atom stereocenters. The van der Waals surface area contributed by atoms with Gasteiger partial charge in [-0.25, -0.2) is 4.98 Å². The van der Waals surface area contributed by atoms with Crippen molar-refractivity contribution in [2.45, 2.75) is 25.7 Å². The number of hydrogen-bond acceptors (Lipinski definition) is 4. The van der Waals surface area contributed by atoms with Crippen molar-refractivity contribution in [2.75, 3.05) is 7.11 Å². The Morgan fingerprint density at radius 3 is 2.67 bits per heavy atom. The summed E-state index contributed by atoms with van der Waals surface area (Å²) >= 11 is 9.65. The largest absolute Gasteiger partial charge is 0.497 e. The Kier molecular flexibility index (Phi) is 4.04. The maximum absolute atomic E-state index is 6.18. The molecule has 0 radical (unpaired) electrons. The molecule has 6 heteroatoms. The van der Waals surface area contributed by atoms with Gasteiger partial charge in [-0.15, -0.1) is 0 Å². The van der Waals surface area contributed by atoms with Gasteiger partial charge in [0, 0.05) is 11.5 Å². The quantitative estimate of drug-likeness (QED) is 0.721. The molecule has 4 nitrogen and oxygen atoms in total. The van der Waals surface area contributed by atoms with E-state index >= 15 is 0 Å². The van der Waals surface area contributed by atoms with Crippen molar-refractivity contribution >= 4 is 27.5 Å². The van der Waals surface area contributed by atoms with Crippen molar-refractivity contribution in [3.8, 4) is 17.4 Å². The average molecular weight is 370 g/mol. The van der Waals surface area contributed by atoms with Gasteiger partial charge >= 0.3 is 0 Å². The number of halogens is 2. The maximum Gasteiger partial charge on any atom is 0.227 e. The van der Waals surface area contributed by atoms with Crippen LogP contribution >= 0.6 is 27.5 Å². The van der Waals surface area contributed by atoms with E-state index in [0.29, 0.717) is 22.7 Å². The van der Waals surface area contributed by atoms with Gasteiger partial charge < -0.3 is 9.47 Å². The molecule has 1 aliphatic rings. The average Bonchev–Trinajstić information content (AvgIpc) is 3.30. The molecule has 3 rings (SSSR count). The van der Waals surface area contributed by atoms with Crippen LogP contribution in [-0.4, -0.2) is 17.1 Å². The van der Waals surface area contributed by atoms with Gasteiger partial charge in [-0.2, -0.15) is 4.98 Å². The predicted molar refractivity (Wildman–Crippen MR) is 84.5 cm³/mol. The molecule has 1 heterocycles. The molecule has 1 fully saturated rings. The molecule has 0 N–H and O–H groups in total. The molecular weight excluding hydrogens is 356 g/mol. The third-order valence-corrected chi connectivity index (χ3v) is 4.33. The van der Waals surface area contributed by atoms with Gasteiger partial charge in [0.15, 0.2) is 0 Å². The number of aromatic nitrogens is 2. The fourth-order valence-corrected chi connectivity index (χ4v) is 2.51. The molecule has 2 aromatic rings. The lowest BCUT2D eigenvalue weighted by Crippen LogP contribution is -2.00. The molecule has 0 spiro atoms. The highest BCUT2D eigenvalue weighted by molar-refractivity contribution is 9.10. The lowest BCUT2D eigenvalue weighted by Gasteiger charge is -2.12. The number of hydrogen-bond donors (Lipinski definition) is 0. The molecule has 0 bridgehead atoms. The minimum atomic E-state index is 0.421. The number of ether oxygens (including phenoxy) is 2. The van der Waals surface area contributed by atoms with Crippen LogP contribution in [0, 0.1) is 6.92 Å². The van der Waals surface area contributed by atoms with Crippen LogP contribution in [0.15, 0.2) is 22.7 Å². The molecule has 110 valence electrons. The third-order valence-electron chi connectivity index (χ3n) is 3.35. The first-order valence-electron chi connectivity index (χ1n) is 6.64. The zero-order chi connectivity index (χ0) is 15.0. The van der Waals surface area contributed by atoms with E-state index in [0.717, 1.165) is 34.5 Å². The Balaban J connectivity index is 1.93. The van der Waals surface area contributed by atoms with Gasteiger partial charge in [-0.05, 0) is 53.9 Å². The Labute approximate surface area is 136 Å². The Morgan fingerprint density at radius 1 is 1.29 bits per heavy atom. The molecule has 0 atom stereocenters. The summed E-state index contributed by atoms with van der Waals surface area (Å²) in [7, 11) is 1.62. The number of rotatable bonds is 4. The highest BCUT2D eigenvalue weighted by Crippen LogP contribution is 2.41. The second kappa shape index (κ2) is 5.81. The van der Waals surface area contributed by atoms with Crippen LogP contribution in [0.25, 0.3) is 0 Å². The Morgan fingerprint density at radius 2 is 2.05 bits per heavy atom. The van der Waals surface area contributed by atoms with E-state index in [-0.39, 0.29) is 0 Å². The summed E-state index contributed by atoms with van der Waals surface area (Å²) in [6, 6.07) is 5.50. The summed E-state index contributed by atoms with van der Waals surface area (Å²) in [5, 5.41) is 0.450. The summed E-state index contributed by atoms with van der Waals surface area (Å²) in [5.74, 6) is 3.11. The topological polar surface area (TPSA) is 44.2 Å². The fourth-order valence-electron chi connectivity index (χ4n) is 1.90. The minimum Gasteiger partial charge on any atom is -0.497 e. The van der Waals surface area contributed by atoms with Crippen molar-refractivity contribution in [3.05, 3.63) is 39.2 Å². The number of nitrogens with zero attached hydrogens (tertiary/aromatic N) is 2. The molecule has 0 amide bonds. The molecule has 1 aromatic carbocycles. The smallest absolute Gasteiger partial charge is 0.227 e. The van der Waals surface area contributed by atoms with E-state index in [1.54, 1.807) is 7.11 Å². The van der Waals surface area contributed by atoms with Crippen LogP contribution in [0.5, 0.6) is 17.4 Å². The van der Waals surface area contributed by atoms with Crippen LogP contribution in [0.2, 0.25) is 5.15 Å². The normalized spacial score (nSPS) is 14.1. The van der Waals surface area contributed by atoms with Crippen LogP contribution in [0.4, 0.5) is 0 Å². The second-order valence-corrected chi connectivity index (χ2v) is 6.19. The van der Waals surface area contributed by atoms with Crippen molar-refractivity contribution in [2.24, 2.45) is 0 Å². The predicted octanol–water partition coefficient (Wildman–Crippen LogP) is 4.88. The van der Waals surface area contributed by atoms with E-state index in [2.05, 4.69) is 25.9 Å². The molecule has 0 aliphatic heterocycles. The van der Waals surface area contributed by atoms with Gasteiger partial charge in [-0.1, -0.05) is 11.6 Å². The molecule has 21 heavy (non-hydrogen) atoms. The van der Waals surface area contributed by atoms with Gasteiger partial charge in [0.25, 0.3) is 0 Å². The summed E-state index contributed by atoms with van der Waals surface area (Å²) in [6.07, 6.45) is 2.23. The lowest BCUT2D eigenvalue weighted by atomic mass is 10.3. The van der Waals surface area contributed by atoms with E-state index < -0.39 is 0 Å². The molecule has 1 saturated carbocycles. The number of benzene rings is 1. The SMILES string of the molecule is COc1ccc(Oc2nc(C3CC3)nc(Cl)c2C)c(Br)c1. The second-order valence-electron chi connectivity index (χ2n) is 4.98. The first kappa shape index (κ1) is 14.6. The van der Waals surface area contributed by atoms with E-state index in [1.165, 1.54) is 0 Å². The first-order chi connectivity index (χ1) is 10.1. The standard InChI is InChI=1S/C15H14BrClN2O2/c1-8-13(17)18-14(9-3-4-9)19-15(8)21-12-6-5-10(20-2)7-11(12)16/h5-7,9H,3-4H2,1-2H3. The molecular formula is C15H14BrClN2O2. The first-order valence-corrected chi connectivity index (χ1v) is 7.81. The number of methoxy groups -OCH3 is 1. The van der Waals surface area contributed by atoms with E-state index in [9.17, 15) is 0 Å². The lowest BCUT2D eigenvalue weighted by molar-refractivity contribution is 0.411. The van der Waals surface area contributed by atoms with E-state index in [1.807, 2.05) is 25.1 Å². The molecule has 0 saturated heterocycles. The van der Waals surface area contributed by atoms with Crippen molar-refractivity contribution < 1.29 is 9.47 Å². The minimum absolute atomic E-state index is 0.421. The molecule has 1 aliphatic carbocycles. The van der Waals surface area contributed by atoms with Crippen molar-refractivity contribution in [3.63, 3.8) is 0 Å². The monoisotopic (exact) mass is 368 g/mol. The van der Waals surface area contributed by atoms with Crippen LogP contribution in [0.3, 0.4) is 0 Å². The molecule has 1 aromatic heterocycles. The van der Waals surface area contributed by atoms with Crippen LogP contribution in [-0.2, 0) is 0 Å². The Hall–Kier alpha value is -1.33.